The predicted octanol–water partition coefficient (Wildman–Crippen LogP) is -1.06. The molecular weight excluding hydrogens is 222 g/mol. The van der Waals surface area contributed by atoms with E-state index in [1.54, 1.807) is 11.9 Å². The van der Waals surface area contributed by atoms with Gasteiger partial charge in [0.2, 0.25) is 11.8 Å². The van der Waals surface area contributed by atoms with Crippen LogP contribution in [0, 0.1) is 5.92 Å². The molecule has 0 bridgehead atoms. The molecule has 1 unspecified atom stereocenters. The number of aromatic nitrogens is 3. The van der Waals surface area contributed by atoms with Crippen LogP contribution < -0.4 is 5.32 Å². The number of carbonyl (C=O) groups excluding carboxylic acids is 2. The number of nitrogens with zero attached hydrogens (tertiary/aromatic N) is 3. The lowest BCUT2D eigenvalue weighted by molar-refractivity contribution is -0.128. The standard InChI is InChI=1S/C10H15N5O2/c1-15-5-7(4-9(15)16)10(17)11-3-2-8-12-6-13-14-8/h6-7H,2-5H2,1H3,(H,11,17)(H,12,13,14). The molecule has 1 aromatic rings. The van der Waals surface area contributed by atoms with E-state index in [1.807, 2.05) is 0 Å². The van der Waals surface area contributed by atoms with Gasteiger partial charge in [-0.2, -0.15) is 5.10 Å². The van der Waals surface area contributed by atoms with Crippen LogP contribution in [0.5, 0.6) is 0 Å². The Balaban J connectivity index is 1.73. The Morgan fingerprint density at radius 1 is 1.71 bits per heavy atom. The molecule has 1 aliphatic heterocycles. The zero-order valence-electron chi connectivity index (χ0n) is 9.64. The molecule has 0 aromatic carbocycles. The summed E-state index contributed by atoms with van der Waals surface area (Å²) in [5, 5.41) is 9.24. The molecule has 0 radical (unpaired) electrons. The number of carbonyl (C=O) groups is 2. The van der Waals surface area contributed by atoms with Crippen LogP contribution >= 0.6 is 0 Å². The van der Waals surface area contributed by atoms with Gasteiger partial charge in [-0.15, -0.1) is 0 Å². The number of hydrogen-bond donors (Lipinski definition) is 2. The van der Waals surface area contributed by atoms with E-state index >= 15 is 0 Å². The maximum atomic E-state index is 11.7. The Morgan fingerprint density at radius 2 is 2.53 bits per heavy atom. The second-order valence-corrected chi connectivity index (χ2v) is 4.15. The molecule has 1 aromatic heterocycles. The second-order valence-electron chi connectivity index (χ2n) is 4.15. The van der Waals surface area contributed by atoms with E-state index in [9.17, 15) is 9.59 Å². The Morgan fingerprint density at radius 3 is 3.12 bits per heavy atom. The first-order valence-corrected chi connectivity index (χ1v) is 5.52. The van der Waals surface area contributed by atoms with Gasteiger partial charge < -0.3 is 10.2 Å². The molecule has 17 heavy (non-hydrogen) atoms. The quantitative estimate of drug-likeness (QED) is 0.698. The van der Waals surface area contributed by atoms with Crippen LogP contribution in [0.25, 0.3) is 0 Å². The fourth-order valence-electron chi connectivity index (χ4n) is 1.84. The molecule has 0 spiro atoms. The van der Waals surface area contributed by atoms with E-state index in [0.717, 1.165) is 5.82 Å². The summed E-state index contributed by atoms with van der Waals surface area (Å²) in [4.78, 5) is 28.5. The minimum absolute atomic E-state index is 0.0281. The van der Waals surface area contributed by atoms with Gasteiger partial charge in [0.05, 0.1) is 5.92 Å². The smallest absolute Gasteiger partial charge is 0.225 e. The van der Waals surface area contributed by atoms with Gasteiger partial charge in [-0.3, -0.25) is 14.7 Å². The lowest BCUT2D eigenvalue weighted by atomic mass is 10.1. The Labute approximate surface area is 98.6 Å². The van der Waals surface area contributed by atoms with Crippen molar-refractivity contribution in [2.45, 2.75) is 12.8 Å². The average molecular weight is 237 g/mol. The van der Waals surface area contributed by atoms with Crippen LogP contribution in [0.2, 0.25) is 0 Å². The van der Waals surface area contributed by atoms with Crippen molar-refractivity contribution in [1.82, 2.24) is 25.4 Å². The molecule has 92 valence electrons. The van der Waals surface area contributed by atoms with Gasteiger partial charge in [0.25, 0.3) is 0 Å². The molecule has 1 fully saturated rings. The van der Waals surface area contributed by atoms with E-state index in [0.29, 0.717) is 25.9 Å². The lowest BCUT2D eigenvalue weighted by Gasteiger charge is -2.10. The minimum Gasteiger partial charge on any atom is -0.355 e. The third-order valence-electron chi connectivity index (χ3n) is 2.84. The van der Waals surface area contributed by atoms with Crippen LogP contribution in [-0.4, -0.2) is 52.0 Å². The SMILES string of the molecule is CN1CC(C(=O)NCCc2ncn[nH]2)CC1=O. The van der Waals surface area contributed by atoms with Crippen molar-refractivity contribution in [1.29, 1.82) is 0 Å². The highest BCUT2D eigenvalue weighted by atomic mass is 16.2. The predicted molar refractivity (Wildman–Crippen MR) is 58.8 cm³/mol. The van der Waals surface area contributed by atoms with Crippen LogP contribution in [0.3, 0.4) is 0 Å². The monoisotopic (exact) mass is 237 g/mol. The van der Waals surface area contributed by atoms with Crippen LogP contribution in [-0.2, 0) is 16.0 Å². The molecule has 2 N–H and O–H groups in total. The van der Waals surface area contributed by atoms with Crippen LogP contribution in [0.1, 0.15) is 12.2 Å². The normalized spacial score (nSPS) is 19.7. The highest BCUT2D eigenvalue weighted by Gasteiger charge is 2.31. The van der Waals surface area contributed by atoms with Crippen molar-refractivity contribution in [2.24, 2.45) is 5.92 Å². The first kappa shape index (κ1) is 11.6. The van der Waals surface area contributed by atoms with Gasteiger partial charge in [0.1, 0.15) is 12.2 Å². The molecule has 2 rings (SSSR count). The maximum Gasteiger partial charge on any atom is 0.225 e. The Hall–Kier alpha value is -1.92. The summed E-state index contributed by atoms with van der Waals surface area (Å²) in [5.74, 6) is 0.481. The minimum atomic E-state index is -0.220. The molecule has 2 heterocycles. The van der Waals surface area contributed by atoms with Gasteiger partial charge in [-0.1, -0.05) is 0 Å². The van der Waals surface area contributed by atoms with Crippen molar-refractivity contribution < 1.29 is 9.59 Å². The number of amides is 2. The number of likely N-dealkylation sites (tertiary alicyclic amines) is 1. The molecule has 1 atom stereocenters. The summed E-state index contributed by atoms with van der Waals surface area (Å²) in [6.45, 7) is 1.01. The zero-order chi connectivity index (χ0) is 12.3. The second kappa shape index (κ2) is 4.94. The third-order valence-corrected chi connectivity index (χ3v) is 2.84. The van der Waals surface area contributed by atoms with Crippen molar-refractivity contribution in [3.05, 3.63) is 12.2 Å². The highest BCUT2D eigenvalue weighted by Crippen LogP contribution is 2.15. The number of aromatic amines is 1. The van der Waals surface area contributed by atoms with E-state index in [-0.39, 0.29) is 17.7 Å². The van der Waals surface area contributed by atoms with E-state index in [1.165, 1.54) is 6.33 Å². The summed E-state index contributed by atoms with van der Waals surface area (Å²) in [5.41, 5.74) is 0. The fraction of sp³-hybridized carbons (Fsp3) is 0.600. The number of hydrogen-bond acceptors (Lipinski definition) is 4. The van der Waals surface area contributed by atoms with Crippen molar-refractivity contribution in [3.63, 3.8) is 0 Å². The maximum absolute atomic E-state index is 11.7. The number of nitrogens with one attached hydrogen (secondary N) is 2. The Bertz CT molecular complexity index is 403. The zero-order valence-corrected chi connectivity index (χ0v) is 9.64. The number of H-pyrrole nitrogens is 1. The summed E-state index contributed by atoms with van der Waals surface area (Å²) in [7, 11) is 1.71. The average Bonchev–Trinajstić information content (AvgIpc) is 2.90. The lowest BCUT2D eigenvalue weighted by Crippen LogP contribution is -2.33. The van der Waals surface area contributed by atoms with Crippen LogP contribution in [0.15, 0.2) is 6.33 Å². The van der Waals surface area contributed by atoms with E-state index in [2.05, 4.69) is 20.5 Å². The first-order chi connectivity index (χ1) is 8.16. The van der Waals surface area contributed by atoms with Crippen molar-refractivity contribution in [2.75, 3.05) is 20.1 Å². The highest BCUT2D eigenvalue weighted by molar-refractivity contribution is 5.89. The van der Waals surface area contributed by atoms with Gasteiger partial charge >= 0.3 is 0 Å². The fourth-order valence-corrected chi connectivity index (χ4v) is 1.84. The van der Waals surface area contributed by atoms with Gasteiger partial charge in [-0.25, -0.2) is 4.98 Å². The molecule has 7 nitrogen and oxygen atoms in total. The number of rotatable bonds is 4. The van der Waals surface area contributed by atoms with Gasteiger partial charge in [-0.05, 0) is 0 Å². The van der Waals surface area contributed by atoms with Gasteiger partial charge in [0, 0.05) is 33.0 Å². The first-order valence-electron chi connectivity index (χ1n) is 5.52. The molecule has 0 saturated carbocycles. The largest absolute Gasteiger partial charge is 0.355 e. The van der Waals surface area contributed by atoms with Crippen LogP contribution in [0.4, 0.5) is 0 Å². The van der Waals surface area contributed by atoms with E-state index < -0.39 is 0 Å². The molecule has 7 heteroatoms. The topological polar surface area (TPSA) is 91.0 Å². The molecule has 1 aliphatic rings. The third kappa shape index (κ3) is 2.80. The van der Waals surface area contributed by atoms with Crippen molar-refractivity contribution in [3.8, 4) is 0 Å². The summed E-state index contributed by atoms with van der Waals surface area (Å²) >= 11 is 0. The van der Waals surface area contributed by atoms with Crippen molar-refractivity contribution >= 4 is 11.8 Å². The summed E-state index contributed by atoms with van der Waals surface area (Å²) in [6, 6.07) is 0. The Kier molecular flexibility index (Phi) is 3.36. The molecular formula is C10H15N5O2. The summed E-state index contributed by atoms with van der Waals surface area (Å²) in [6.07, 6.45) is 2.36. The molecule has 2 amide bonds. The molecule has 1 saturated heterocycles. The van der Waals surface area contributed by atoms with Gasteiger partial charge in [0.15, 0.2) is 0 Å². The van der Waals surface area contributed by atoms with E-state index in [4.69, 9.17) is 0 Å². The molecule has 0 aliphatic carbocycles. The summed E-state index contributed by atoms with van der Waals surface area (Å²) < 4.78 is 0.